The second-order valence-corrected chi connectivity index (χ2v) is 6.46. The van der Waals surface area contributed by atoms with E-state index in [1.165, 1.54) is 0 Å². The van der Waals surface area contributed by atoms with Crippen molar-refractivity contribution in [1.82, 2.24) is 15.1 Å². The molecule has 0 atom stereocenters. The normalized spacial score (nSPS) is 11.9. The van der Waals surface area contributed by atoms with Crippen molar-refractivity contribution in [2.75, 3.05) is 18.1 Å². The van der Waals surface area contributed by atoms with E-state index in [4.69, 9.17) is 0 Å². The molecule has 5 nitrogen and oxygen atoms in total. The lowest BCUT2D eigenvalue weighted by Gasteiger charge is -2.02. The smallest absolute Gasteiger partial charge is 0.151 e. The van der Waals surface area contributed by atoms with E-state index in [9.17, 15) is 8.42 Å². The van der Waals surface area contributed by atoms with Crippen molar-refractivity contribution in [1.29, 1.82) is 0 Å². The first-order chi connectivity index (χ1) is 8.07. The Labute approximate surface area is 103 Å². The van der Waals surface area contributed by atoms with Crippen LogP contribution in [0.1, 0.15) is 26.0 Å². The highest BCUT2D eigenvalue weighted by Crippen LogP contribution is 1.98. The van der Waals surface area contributed by atoms with E-state index in [-0.39, 0.29) is 11.5 Å². The standard InChI is InChI=1S/C11H21N3O2S/c1-3-6-12-10-11-5-7-14(13-11)8-9-17(15,16)4-2/h5,7,12H,3-4,6,8-10H2,1-2H3. The van der Waals surface area contributed by atoms with Gasteiger partial charge in [-0.3, -0.25) is 4.68 Å². The highest BCUT2D eigenvalue weighted by molar-refractivity contribution is 7.91. The van der Waals surface area contributed by atoms with Crippen molar-refractivity contribution in [2.24, 2.45) is 0 Å². The second-order valence-electron chi connectivity index (χ2n) is 3.98. The lowest BCUT2D eigenvalue weighted by atomic mass is 10.4. The Morgan fingerprint density at radius 2 is 2.18 bits per heavy atom. The topological polar surface area (TPSA) is 64.0 Å². The molecule has 0 amide bonds. The summed E-state index contributed by atoms with van der Waals surface area (Å²) in [5, 5.41) is 7.56. The summed E-state index contributed by atoms with van der Waals surface area (Å²) in [6.45, 7) is 5.92. The first-order valence-corrected chi connectivity index (χ1v) is 7.83. The number of aryl methyl sites for hydroxylation is 1. The summed E-state index contributed by atoms with van der Waals surface area (Å²) in [6, 6.07) is 1.92. The summed E-state index contributed by atoms with van der Waals surface area (Å²) in [5.41, 5.74) is 0.951. The molecule has 0 aromatic carbocycles. The first kappa shape index (κ1) is 14.2. The average molecular weight is 259 g/mol. The van der Waals surface area contributed by atoms with Gasteiger partial charge in [-0.1, -0.05) is 13.8 Å². The van der Waals surface area contributed by atoms with Gasteiger partial charge < -0.3 is 5.32 Å². The highest BCUT2D eigenvalue weighted by Gasteiger charge is 2.07. The molecule has 0 bridgehead atoms. The zero-order valence-electron chi connectivity index (χ0n) is 10.5. The minimum Gasteiger partial charge on any atom is -0.311 e. The van der Waals surface area contributed by atoms with Crippen LogP contribution >= 0.6 is 0 Å². The second kappa shape index (κ2) is 6.76. The molecule has 0 fully saturated rings. The van der Waals surface area contributed by atoms with Crippen LogP contribution in [0, 0.1) is 0 Å². The maximum Gasteiger partial charge on any atom is 0.151 e. The van der Waals surface area contributed by atoms with Crippen molar-refractivity contribution in [3.63, 3.8) is 0 Å². The Bertz CT molecular complexity index is 426. The van der Waals surface area contributed by atoms with Gasteiger partial charge in [-0.2, -0.15) is 5.10 Å². The minimum atomic E-state index is -2.91. The summed E-state index contributed by atoms with van der Waals surface area (Å²) in [4.78, 5) is 0. The summed E-state index contributed by atoms with van der Waals surface area (Å²) >= 11 is 0. The van der Waals surface area contributed by atoms with Crippen molar-refractivity contribution < 1.29 is 8.42 Å². The van der Waals surface area contributed by atoms with E-state index in [1.54, 1.807) is 11.6 Å². The molecule has 0 saturated heterocycles. The molecule has 0 radical (unpaired) electrons. The van der Waals surface area contributed by atoms with Gasteiger partial charge in [0.1, 0.15) is 0 Å². The molecular weight excluding hydrogens is 238 g/mol. The SMILES string of the molecule is CCCNCc1ccn(CCS(=O)(=O)CC)n1. The molecule has 0 aliphatic carbocycles. The molecule has 1 N–H and O–H groups in total. The summed E-state index contributed by atoms with van der Waals surface area (Å²) in [5.74, 6) is 0.353. The van der Waals surface area contributed by atoms with Gasteiger partial charge >= 0.3 is 0 Å². The Morgan fingerprint density at radius 1 is 1.41 bits per heavy atom. The molecule has 0 unspecified atom stereocenters. The molecule has 0 aliphatic rings. The van der Waals surface area contributed by atoms with Crippen LogP contribution in [0.15, 0.2) is 12.3 Å². The van der Waals surface area contributed by atoms with Crippen molar-refractivity contribution >= 4 is 9.84 Å². The molecule has 0 saturated carbocycles. The Morgan fingerprint density at radius 3 is 2.82 bits per heavy atom. The quantitative estimate of drug-likeness (QED) is 0.702. The van der Waals surface area contributed by atoms with Crippen LogP contribution in [0.4, 0.5) is 0 Å². The molecular formula is C11H21N3O2S. The molecule has 0 aliphatic heterocycles. The van der Waals surface area contributed by atoms with Gasteiger partial charge in [0, 0.05) is 18.5 Å². The third-order valence-corrected chi connectivity index (χ3v) is 4.18. The average Bonchev–Trinajstić information content (AvgIpc) is 2.75. The van der Waals surface area contributed by atoms with E-state index >= 15 is 0 Å². The van der Waals surface area contributed by atoms with Crippen LogP contribution in [-0.4, -0.2) is 36.2 Å². The van der Waals surface area contributed by atoms with Gasteiger partial charge in [-0.15, -0.1) is 0 Å². The van der Waals surface area contributed by atoms with Gasteiger partial charge in [0.15, 0.2) is 9.84 Å². The highest BCUT2D eigenvalue weighted by atomic mass is 32.2. The van der Waals surface area contributed by atoms with Crippen LogP contribution in [-0.2, 0) is 22.9 Å². The molecule has 17 heavy (non-hydrogen) atoms. The van der Waals surface area contributed by atoms with Gasteiger partial charge in [0.05, 0.1) is 18.0 Å². The van der Waals surface area contributed by atoms with E-state index in [0.29, 0.717) is 6.54 Å². The van der Waals surface area contributed by atoms with Crippen molar-refractivity contribution in [3.8, 4) is 0 Å². The van der Waals surface area contributed by atoms with Crippen LogP contribution in [0.25, 0.3) is 0 Å². The molecule has 1 heterocycles. The first-order valence-electron chi connectivity index (χ1n) is 6.01. The Kier molecular flexibility index (Phi) is 5.64. The predicted octanol–water partition coefficient (Wildman–Crippen LogP) is 0.817. The van der Waals surface area contributed by atoms with Crippen LogP contribution in [0.3, 0.4) is 0 Å². The zero-order valence-corrected chi connectivity index (χ0v) is 11.3. The fourth-order valence-corrected chi connectivity index (χ4v) is 2.15. The number of sulfone groups is 1. The van der Waals surface area contributed by atoms with E-state index < -0.39 is 9.84 Å². The fourth-order valence-electron chi connectivity index (χ4n) is 1.39. The third kappa shape index (κ3) is 5.32. The monoisotopic (exact) mass is 259 g/mol. The van der Waals surface area contributed by atoms with Gasteiger partial charge in [-0.25, -0.2) is 8.42 Å². The van der Waals surface area contributed by atoms with Gasteiger partial charge in [0.25, 0.3) is 0 Å². The van der Waals surface area contributed by atoms with Crippen molar-refractivity contribution in [2.45, 2.75) is 33.4 Å². The summed E-state index contributed by atoms with van der Waals surface area (Å²) < 4.78 is 24.4. The number of rotatable bonds is 8. The molecule has 6 heteroatoms. The minimum absolute atomic E-state index is 0.160. The number of hydrogen-bond donors (Lipinski definition) is 1. The Hall–Kier alpha value is -0.880. The fraction of sp³-hybridized carbons (Fsp3) is 0.727. The predicted molar refractivity (Wildman–Crippen MR) is 68.6 cm³/mol. The lowest BCUT2D eigenvalue weighted by Crippen LogP contribution is -2.16. The third-order valence-electron chi connectivity index (χ3n) is 2.50. The summed E-state index contributed by atoms with van der Waals surface area (Å²) in [7, 11) is -2.91. The molecule has 1 aromatic rings. The Balaban J connectivity index is 2.40. The van der Waals surface area contributed by atoms with Gasteiger partial charge in [0.2, 0.25) is 0 Å². The molecule has 0 spiro atoms. The number of nitrogens with zero attached hydrogens (tertiary/aromatic N) is 2. The number of nitrogens with one attached hydrogen (secondary N) is 1. The number of aromatic nitrogens is 2. The van der Waals surface area contributed by atoms with Crippen molar-refractivity contribution in [3.05, 3.63) is 18.0 Å². The van der Waals surface area contributed by atoms with E-state index in [0.717, 1.165) is 25.2 Å². The summed E-state index contributed by atoms with van der Waals surface area (Å²) in [6.07, 6.45) is 2.92. The molecule has 1 rings (SSSR count). The maximum atomic E-state index is 11.3. The lowest BCUT2D eigenvalue weighted by molar-refractivity contribution is 0.577. The maximum absolute atomic E-state index is 11.3. The van der Waals surface area contributed by atoms with Crippen LogP contribution < -0.4 is 5.32 Å². The zero-order chi connectivity index (χ0) is 12.7. The molecule has 98 valence electrons. The van der Waals surface area contributed by atoms with E-state index in [2.05, 4.69) is 17.3 Å². The van der Waals surface area contributed by atoms with E-state index in [1.807, 2.05) is 12.3 Å². The van der Waals surface area contributed by atoms with Crippen LogP contribution in [0.5, 0.6) is 0 Å². The number of hydrogen-bond acceptors (Lipinski definition) is 4. The van der Waals surface area contributed by atoms with Gasteiger partial charge in [-0.05, 0) is 19.0 Å². The largest absolute Gasteiger partial charge is 0.311 e. The van der Waals surface area contributed by atoms with Crippen LogP contribution in [0.2, 0.25) is 0 Å². The molecule has 1 aromatic heterocycles.